The van der Waals surface area contributed by atoms with Gasteiger partial charge in [-0.3, -0.25) is 4.79 Å². The Balaban J connectivity index is 1.81. The van der Waals surface area contributed by atoms with Crippen molar-refractivity contribution in [2.45, 2.75) is 39.3 Å². The topological polar surface area (TPSA) is 58.4 Å². The number of carbonyl (C=O) groups is 1. The minimum atomic E-state index is -0.576. The lowest BCUT2D eigenvalue weighted by Crippen LogP contribution is -2.38. The van der Waals surface area contributed by atoms with Crippen molar-refractivity contribution in [1.82, 2.24) is 10.2 Å². The Hall–Kier alpha value is -1.39. The van der Waals surface area contributed by atoms with E-state index in [1.54, 1.807) is 0 Å². The Bertz CT molecular complexity index is 469. The summed E-state index contributed by atoms with van der Waals surface area (Å²) in [7, 11) is 0. The monoisotopic (exact) mass is 289 g/mol. The van der Waals surface area contributed by atoms with Crippen LogP contribution in [0.2, 0.25) is 0 Å². The van der Waals surface area contributed by atoms with Crippen LogP contribution in [0.1, 0.15) is 37.4 Å². The highest BCUT2D eigenvalue weighted by Gasteiger charge is 2.25. The van der Waals surface area contributed by atoms with Gasteiger partial charge in [-0.1, -0.05) is 29.8 Å². The second-order valence-corrected chi connectivity index (χ2v) is 6.38. The predicted molar refractivity (Wildman–Crippen MR) is 85.9 cm³/mol. The highest BCUT2D eigenvalue weighted by Crippen LogP contribution is 2.18. The normalized spacial score (nSPS) is 20.7. The second-order valence-electron chi connectivity index (χ2n) is 6.38. The molecule has 1 aromatic carbocycles. The third kappa shape index (κ3) is 4.29. The molecule has 1 aromatic rings. The third-order valence-corrected chi connectivity index (χ3v) is 4.33. The van der Waals surface area contributed by atoms with Crippen molar-refractivity contribution in [3.8, 4) is 0 Å². The van der Waals surface area contributed by atoms with Crippen molar-refractivity contribution < 1.29 is 4.79 Å². The fourth-order valence-electron chi connectivity index (χ4n) is 2.78. The van der Waals surface area contributed by atoms with Gasteiger partial charge in [0, 0.05) is 19.1 Å². The minimum Gasteiger partial charge on any atom is -0.354 e. The number of aryl methyl sites for hydroxylation is 1. The fourth-order valence-corrected chi connectivity index (χ4v) is 2.78. The molecule has 1 saturated heterocycles. The molecule has 1 heterocycles. The van der Waals surface area contributed by atoms with Crippen LogP contribution >= 0.6 is 0 Å². The zero-order chi connectivity index (χ0) is 15.4. The molecule has 0 saturated carbocycles. The van der Waals surface area contributed by atoms with Gasteiger partial charge in [-0.05, 0) is 45.2 Å². The molecule has 0 bridgehead atoms. The van der Waals surface area contributed by atoms with Gasteiger partial charge in [0.05, 0.1) is 0 Å². The molecule has 0 spiro atoms. The maximum atomic E-state index is 12.2. The summed E-state index contributed by atoms with van der Waals surface area (Å²) < 4.78 is 0. The molecule has 3 N–H and O–H groups in total. The maximum Gasteiger partial charge on any atom is 0.241 e. The van der Waals surface area contributed by atoms with Gasteiger partial charge in [-0.2, -0.15) is 0 Å². The zero-order valence-corrected chi connectivity index (χ0v) is 13.3. The first-order chi connectivity index (χ1) is 9.97. The molecule has 2 unspecified atom stereocenters. The van der Waals surface area contributed by atoms with Crippen LogP contribution in [-0.4, -0.2) is 36.5 Å². The van der Waals surface area contributed by atoms with Crippen LogP contribution in [0.4, 0.5) is 0 Å². The lowest BCUT2D eigenvalue weighted by molar-refractivity contribution is -0.122. The average molecular weight is 289 g/mol. The second kappa shape index (κ2) is 7.05. The summed E-state index contributed by atoms with van der Waals surface area (Å²) in [4.78, 5) is 14.6. The van der Waals surface area contributed by atoms with E-state index in [0.717, 1.165) is 31.6 Å². The van der Waals surface area contributed by atoms with E-state index in [1.165, 1.54) is 5.56 Å². The van der Waals surface area contributed by atoms with Crippen LogP contribution in [0.3, 0.4) is 0 Å². The maximum absolute atomic E-state index is 12.2. The van der Waals surface area contributed by atoms with Crippen LogP contribution in [0.25, 0.3) is 0 Å². The predicted octanol–water partition coefficient (Wildman–Crippen LogP) is 1.84. The van der Waals surface area contributed by atoms with E-state index in [1.807, 2.05) is 31.2 Å². The number of likely N-dealkylation sites (tertiary alicyclic amines) is 1. The van der Waals surface area contributed by atoms with E-state index in [-0.39, 0.29) is 5.91 Å². The minimum absolute atomic E-state index is 0.0816. The summed E-state index contributed by atoms with van der Waals surface area (Å²) >= 11 is 0. The average Bonchev–Trinajstić information content (AvgIpc) is 2.94. The van der Waals surface area contributed by atoms with Crippen molar-refractivity contribution >= 4 is 5.91 Å². The van der Waals surface area contributed by atoms with Crippen molar-refractivity contribution in [2.75, 3.05) is 19.6 Å². The first kappa shape index (κ1) is 16.0. The highest BCUT2D eigenvalue weighted by molar-refractivity contribution is 5.82. The van der Waals surface area contributed by atoms with Gasteiger partial charge in [0.25, 0.3) is 0 Å². The summed E-state index contributed by atoms with van der Waals surface area (Å²) in [6.07, 6.45) is 1.15. The van der Waals surface area contributed by atoms with E-state index in [4.69, 9.17) is 5.73 Å². The SMILES string of the molecule is Cc1ccc(C(N)C(=O)NCC2CCN(C(C)C)C2)cc1. The standard InChI is InChI=1S/C17H27N3O/c1-12(2)20-9-8-14(11-20)10-19-17(21)16(18)15-6-4-13(3)5-7-15/h4-7,12,14,16H,8-11,18H2,1-3H3,(H,19,21). The molecule has 1 aliphatic heterocycles. The van der Waals surface area contributed by atoms with Crippen molar-refractivity contribution in [2.24, 2.45) is 11.7 Å². The smallest absolute Gasteiger partial charge is 0.241 e. The van der Waals surface area contributed by atoms with E-state index < -0.39 is 6.04 Å². The molecule has 116 valence electrons. The van der Waals surface area contributed by atoms with Gasteiger partial charge in [-0.25, -0.2) is 0 Å². The van der Waals surface area contributed by atoms with Gasteiger partial charge in [0.1, 0.15) is 6.04 Å². The molecule has 1 fully saturated rings. The molecular weight excluding hydrogens is 262 g/mol. The molecule has 0 radical (unpaired) electrons. The van der Waals surface area contributed by atoms with Crippen LogP contribution < -0.4 is 11.1 Å². The van der Waals surface area contributed by atoms with Crippen LogP contribution in [0.5, 0.6) is 0 Å². The Labute approximate surface area is 127 Å². The largest absolute Gasteiger partial charge is 0.354 e. The summed E-state index contributed by atoms with van der Waals surface area (Å²) in [6.45, 7) is 9.38. The van der Waals surface area contributed by atoms with E-state index in [2.05, 4.69) is 24.1 Å². The lowest BCUT2D eigenvalue weighted by Gasteiger charge is -2.20. The van der Waals surface area contributed by atoms with Gasteiger partial charge in [0.2, 0.25) is 5.91 Å². The third-order valence-electron chi connectivity index (χ3n) is 4.33. The van der Waals surface area contributed by atoms with Gasteiger partial charge < -0.3 is 16.0 Å². The summed E-state index contributed by atoms with van der Waals surface area (Å²) in [5.41, 5.74) is 8.07. The molecule has 1 aliphatic rings. The summed E-state index contributed by atoms with van der Waals surface area (Å²) in [5.74, 6) is 0.461. The molecule has 4 heteroatoms. The number of nitrogens with two attached hydrogens (primary N) is 1. The number of carbonyl (C=O) groups excluding carboxylic acids is 1. The molecule has 2 rings (SSSR count). The Morgan fingerprint density at radius 3 is 2.62 bits per heavy atom. The molecular formula is C17H27N3O. The van der Waals surface area contributed by atoms with Crippen LogP contribution in [-0.2, 0) is 4.79 Å². The molecule has 1 amide bonds. The fraction of sp³-hybridized carbons (Fsp3) is 0.588. The summed E-state index contributed by atoms with van der Waals surface area (Å²) in [5, 5.41) is 3.01. The van der Waals surface area contributed by atoms with Crippen LogP contribution in [0, 0.1) is 12.8 Å². The number of rotatable bonds is 5. The Morgan fingerprint density at radius 2 is 2.05 bits per heavy atom. The lowest BCUT2D eigenvalue weighted by atomic mass is 10.0. The molecule has 4 nitrogen and oxygen atoms in total. The van der Waals surface area contributed by atoms with Crippen molar-refractivity contribution in [3.05, 3.63) is 35.4 Å². The number of hydrogen-bond acceptors (Lipinski definition) is 3. The first-order valence-corrected chi connectivity index (χ1v) is 7.81. The first-order valence-electron chi connectivity index (χ1n) is 7.81. The van der Waals surface area contributed by atoms with E-state index in [0.29, 0.717) is 12.0 Å². The van der Waals surface area contributed by atoms with Gasteiger partial charge in [0.15, 0.2) is 0 Å². The number of hydrogen-bond donors (Lipinski definition) is 2. The Morgan fingerprint density at radius 1 is 1.38 bits per heavy atom. The number of benzene rings is 1. The highest BCUT2D eigenvalue weighted by atomic mass is 16.2. The van der Waals surface area contributed by atoms with E-state index in [9.17, 15) is 4.79 Å². The quantitative estimate of drug-likeness (QED) is 0.869. The number of nitrogens with zero attached hydrogens (tertiary/aromatic N) is 1. The number of nitrogens with one attached hydrogen (secondary N) is 1. The van der Waals surface area contributed by atoms with Gasteiger partial charge >= 0.3 is 0 Å². The molecule has 21 heavy (non-hydrogen) atoms. The summed E-state index contributed by atoms with van der Waals surface area (Å²) in [6, 6.07) is 7.83. The van der Waals surface area contributed by atoms with Crippen molar-refractivity contribution in [3.63, 3.8) is 0 Å². The zero-order valence-electron chi connectivity index (χ0n) is 13.3. The van der Waals surface area contributed by atoms with Crippen molar-refractivity contribution in [1.29, 1.82) is 0 Å². The molecule has 2 atom stereocenters. The van der Waals surface area contributed by atoms with E-state index >= 15 is 0 Å². The molecule has 0 aromatic heterocycles. The Kier molecular flexibility index (Phi) is 5.37. The number of amides is 1. The molecule has 0 aliphatic carbocycles. The van der Waals surface area contributed by atoms with Gasteiger partial charge in [-0.15, -0.1) is 0 Å². The van der Waals surface area contributed by atoms with Crippen LogP contribution in [0.15, 0.2) is 24.3 Å².